The fourth-order valence-electron chi connectivity index (χ4n) is 2.28. The number of nitrogens with zero attached hydrogens (tertiary/aromatic N) is 3. The zero-order valence-electron chi connectivity index (χ0n) is 15.6. The Morgan fingerprint density at radius 3 is 3.00 bits per heavy atom. The highest BCUT2D eigenvalue weighted by Gasteiger charge is 2.08. The Morgan fingerprint density at radius 1 is 1.31 bits per heavy atom. The maximum Gasteiger partial charge on any atom is 0.240 e. The molecular weight excluding hydrogens is 392 g/mol. The summed E-state index contributed by atoms with van der Waals surface area (Å²) >= 11 is 1.19. The van der Waals surface area contributed by atoms with Gasteiger partial charge in [0.15, 0.2) is 0 Å². The van der Waals surface area contributed by atoms with Gasteiger partial charge >= 0.3 is 0 Å². The van der Waals surface area contributed by atoms with Crippen molar-refractivity contribution in [3.05, 3.63) is 54.1 Å². The van der Waals surface area contributed by atoms with Crippen LogP contribution in [0.3, 0.4) is 0 Å². The second-order valence-electron chi connectivity index (χ2n) is 5.69. The van der Waals surface area contributed by atoms with Crippen molar-refractivity contribution in [2.45, 2.75) is 12.1 Å². The summed E-state index contributed by atoms with van der Waals surface area (Å²) in [5.41, 5.74) is 3.92. The largest absolute Gasteiger partial charge is 0.507 e. The van der Waals surface area contributed by atoms with Crippen LogP contribution in [0.2, 0.25) is 0 Å². The Bertz CT molecular complexity index is 991. The summed E-state index contributed by atoms with van der Waals surface area (Å²) in [7, 11) is 0. The molecule has 0 spiro atoms. The number of hydrazone groups is 1. The Labute approximate surface area is 171 Å². The van der Waals surface area contributed by atoms with Crippen molar-refractivity contribution in [2.75, 3.05) is 23.1 Å². The molecule has 150 valence electrons. The minimum absolute atomic E-state index is 0.129. The van der Waals surface area contributed by atoms with Crippen molar-refractivity contribution in [3.63, 3.8) is 0 Å². The summed E-state index contributed by atoms with van der Waals surface area (Å²) < 4.78 is 5.41. The van der Waals surface area contributed by atoms with Crippen LogP contribution in [0.1, 0.15) is 12.5 Å². The topological polar surface area (TPSA) is 125 Å². The van der Waals surface area contributed by atoms with Gasteiger partial charge in [-0.2, -0.15) is 10.1 Å². The van der Waals surface area contributed by atoms with Gasteiger partial charge < -0.3 is 15.2 Å². The van der Waals surface area contributed by atoms with Crippen LogP contribution in [0.15, 0.2) is 58.8 Å². The molecule has 29 heavy (non-hydrogen) atoms. The minimum atomic E-state index is -0.180. The number of hydrogen-bond acceptors (Lipinski definition) is 8. The molecule has 9 nitrogen and oxygen atoms in total. The van der Waals surface area contributed by atoms with E-state index in [4.69, 9.17) is 4.74 Å². The molecule has 0 aliphatic carbocycles. The lowest BCUT2D eigenvalue weighted by atomic mass is 10.2. The molecule has 0 fully saturated rings. The number of phenolic OH excluding ortho intramolecular Hbond substituents is 1. The van der Waals surface area contributed by atoms with Gasteiger partial charge in [0.2, 0.25) is 17.0 Å². The Morgan fingerprint density at radius 2 is 2.17 bits per heavy atom. The number of hydrogen-bond donors (Lipinski definition) is 4. The molecule has 1 aromatic heterocycles. The van der Waals surface area contributed by atoms with Gasteiger partial charge in [-0.1, -0.05) is 30.0 Å². The SMILES string of the molecule is CCOc1cccc(NC(=O)CSc2n[nH]c(N/N=C/c3ccccc3O)n2)c1. The number of thioether (sulfide) groups is 1. The first-order valence-electron chi connectivity index (χ1n) is 8.79. The molecule has 1 heterocycles. The number of benzene rings is 2. The number of aromatic amines is 1. The summed E-state index contributed by atoms with van der Waals surface area (Å²) in [5.74, 6) is 1.12. The minimum Gasteiger partial charge on any atom is -0.507 e. The van der Waals surface area contributed by atoms with E-state index in [1.807, 2.05) is 19.1 Å². The summed E-state index contributed by atoms with van der Waals surface area (Å²) in [5, 5.41) is 23.6. The van der Waals surface area contributed by atoms with E-state index in [1.165, 1.54) is 18.0 Å². The maximum absolute atomic E-state index is 12.1. The smallest absolute Gasteiger partial charge is 0.240 e. The van der Waals surface area contributed by atoms with Crippen LogP contribution >= 0.6 is 11.8 Å². The van der Waals surface area contributed by atoms with Crippen LogP contribution in [0.4, 0.5) is 11.6 Å². The number of aromatic nitrogens is 3. The lowest BCUT2D eigenvalue weighted by molar-refractivity contribution is -0.113. The summed E-state index contributed by atoms with van der Waals surface area (Å²) in [6.45, 7) is 2.46. The summed E-state index contributed by atoms with van der Waals surface area (Å²) in [6.07, 6.45) is 1.47. The molecule has 2 aromatic carbocycles. The molecule has 0 saturated carbocycles. The predicted molar refractivity (Wildman–Crippen MR) is 113 cm³/mol. The monoisotopic (exact) mass is 412 g/mol. The number of para-hydroxylation sites is 1. The third-order valence-electron chi connectivity index (χ3n) is 3.54. The molecule has 0 unspecified atom stereocenters. The zero-order valence-corrected chi connectivity index (χ0v) is 16.4. The van der Waals surface area contributed by atoms with Crippen LogP contribution in [0, 0.1) is 0 Å². The number of ether oxygens (including phenoxy) is 1. The first-order valence-corrected chi connectivity index (χ1v) is 9.77. The quantitative estimate of drug-likeness (QED) is 0.242. The van der Waals surface area contributed by atoms with E-state index in [9.17, 15) is 9.90 Å². The van der Waals surface area contributed by atoms with Crippen molar-refractivity contribution in [1.29, 1.82) is 0 Å². The number of amides is 1. The lowest BCUT2D eigenvalue weighted by Crippen LogP contribution is -2.14. The van der Waals surface area contributed by atoms with Gasteiger partial charge in [-0.05, 0) is 31.2 Å². The maximum atomic E-state index is 12.1. The molecule has 1 amide bonds. The first-order chi connectivity index (χ1) is 14.1. The van der Waals surface area contributed by atoms with Gasteiger partial charge in [0, 0.05) is 17.3 Å². The first kappa shape index (κ1) is 20.2. The van der Waals surface area contributed by atoms with E-state index in [-0.39, 0.29) is 17.4 Å². The number of H-pyrrole nitrogens is 1. The molecule has 0 saturated heterocycles. The van der Waals surface area contributed by atoms with Gasteiger partial charge in [0.1, 0.15) is 11.5 Å². The molecule has 0 bridgehead atoms. The number of carbonyl (C=O) groups is 1. The van der Waals surface area contributed by atoms with Crippen molar-refractivity contribution in [3.8, 4) is 11.5 Å². The van der Waals surface area contributed by atoms with Crippen LogP contribution in [-0.2, 0) is 4.79 Å². The Hall–Kier alpha value is -3.53. The van der Waals surface area contributed by atoms with Crippen molar-refractivity contribution >= 4 is 35.5 Å². The second kappa shape index (κ2) is 10.1. The molecule has 3 rings (SSSR count). The number of anilines is 2. The zero-order chi connectivity index (χ0) is 20.5. The summed E-state index contributed by atoms with van der Waals surface area (Å²) in [6, 6.07) is 14.0. The highest BCUT2D eigenvalue weighted by molar-refractivity contribution is 7.99. The number of carbonyl (C=O) groups excluding carboxylic acids is 1. The highest BCUT2D eigenvalue weighted by atomic mass is 32.2. The molecule has 4 N–H and O–H groups in total. The van der Waals surface area contributed by atoms with Crippen molar-refractivity contribution in [1.82, 2.24) is 15.2 Å². The van der Waals surface area contributed by atoms with E-state index in [1.54, 1.807) is 36.4 Å². The third kappa shape index (κ3) is 6.25. The van der Waals surface area contributed by atoms with Crippen LogP contribution in [-0.4, -0.2) is 44.8 Å². The molecule has 3 aromatic rings. The summed E-state index contributed by atoms with van der Waals surface area (Å²) in [4.78, 5) is 16.3. The molecule has 0 radical (unpaired) electrons. The molecular formula is C19H20N6O3S. The number of rotatable bonds is 9. The molecule has 0 atom stereocenters. The second-order valence-corrected chi connectivity index (χ2v) is 6.64. The normalized spacial score (nSPS) is 10.8. The van der Waals surface area contributed by atoms with Gasteiger partial charge in [-0.15, -0.1) is 5.10 Å². The van der Waals surface area contributed by atoms with Crippen molar-refractivity contribution < 1.29 is 14.6 Å². The molecule has 0 aliphatic rings. The Kier molecular flexibility index (Phi) is 7.06. The van der Waals surface area contributed by atoms with Crippen LogP contribution < -0.4 is 15.5 Å². The standard InChI is InChI=1S/C19H20N6O3S/c1-2-28-15-8-5-7-14(10-15)21-17(27)12-29-19-22-18(24-25-19)23-20-11-13-6-3-4-9-16(13)26/h3-11,26H,2,12H2,1H3,(H,21,27)(H2,22,23,24,25)/b20-11+. The van der Waals surface area contributed by atoms with Crippen LogP contribution in [0.5, 0.6) is 11.5 Å². The fraction of sp³-hybridized carbons (Fsp3) is 0.158. The molecule has 0 aliphatic heterocycles. The molecule has 10 heteroatoms. The number of nitrogens with one attached hydrogen (secondary N) is 3. The van der Waals surface area contributed by atoms with E-state index in [2.05, 4.69) is 31.0 Å². The third-order valence-corrected chi connectivity index (χ3v) is 4.38. The average molecular weight is 412 g/mol. The van der Waals surface area contributed by atoms with E-state index in [0.29, 0.717) is 34.7 Å². The van der Waals surface area contributed by atoms with Crippen molar-refractivity contribution in [2.24, 2.45) is 5.10 Å². The Balaban J connectivity index is 1.47. The van der Waals surface area contributed by atoms with Gasteiger partial charge in [-0.25, -0.2) is 10.5 Å². The number of aromatic hydroxyl groups is 1. The van der Waals surface area contributed by atoms with Crippen LogP contribution in [0.25, 0.3) is 0 Å². The van der Waals surface area contributed by atoms with E-state index in [0.717, 1.165) is 0 Å². The fourth-order valence-corrected chi connectivity index (χ4v) is 2.88. The van der Waals surface area contributed by atoms with E-state index < -0.39 is 0 Å². The lowest BCUT2D eigenvalue weighted by Gasteiger charge is -2.07. The van der Waals surface area contributed by atoms with Gasteiger partial charge in [-0.3, -0.25) is 4.79 Å². The average Bonchev–Trinajstić information content (AvgIpc) is 3.16. The highest BCUT2D eigenvalue weighted by Crippen LogP contribution is 2.19. The van der Waals surface area contributed by atoms with Gasteiger partial charge in [0.05, 0.1) is 18.6 Å². The van der Waals surface area contributed by atoms with E-state index >= 15 is 0 Å². The van der Waals surface area contributed by atoms with Gasteiger partial charge in [0.25, 0.3) is 0 Å². The predicted octanol–water partition coefficient (Wildman–Crippen LogP) is 3.09. The number of phenols is 1.